The molecule has 0 bridgehead atoms. The van der Waals surface area contributed by atoms with Crippen molar-refractivity contribution in [2.45, 2.75) is 57.3 Å². The zero-order valence-corrected chi connectivity index (χ0v) is 14.9. The Morgan fingerprint density at radius 3 is 2.65 bits per heavy atom. The first-order valence-electron chi connectivity index (χ1n) is 8.62. The van der Waals surface area contributed by atoms with Crippen LogP contribution in [-0.2, 0) is 23.9 Å². The van der Waals surface area contributed by atoms with Crippen LogP contribution in [0, 0.1) is 0 Å². The van der Waals surface area contributed by atoms with Crippen molar-refractivity contribution in [3.8, 4) is 0 Å². The molecule has 0 aromatic rings. The molecule has 0 unspecified atom stereocenters. The number of hydrogen-bond donors (Lipinski definition) is 2. The highest BCUT2D eigenvalue weighted by atomic mass is 16.5. The minimum absolute atomic E-state index is 0.000513. The van der Waals surface area contributed by atoms with Gasteiger partial charge in [0, 0.05) is 6.42 Å². The molecule has 0 spiro atoms. The normalized spacial score (nSPS) is 30.1. The van der Waals surface area contributed by atoms with Gasteiger partial charge in [-0.05, 0) is 37.8 Å². The minimum atomic E-state index is -1.47. The molecule has 2 N–H and O–H groups in total. The number of cyclic esters (lactones) is 1. The molecule has 1 aliphatic carbocycles. The Bertz CT molecular complexity index is 671. The fourth-order valence-corrected chi connectivity index (χ4v) is 2.89. The summed E-state index contributed by atoms with van der Waals surface area (Å²) < 4.78 is 10.5. The van der Waals surface area contributed by atoms with Crippen LogP contribution in [0.1, 0.15) is 39.0 Å². The number of rotatable bonds is 1. The van der Waals surface area contributed by atoms with E-state index in [1.807, 2.05) is 0 Å². The van der Waals surface area contributed by atoms with E-state index in [-0.39, 0.29) is 24.8 Å². The lowest BCUT2D eigenvalue weighted by Gasteiger charge is -2.20. The van der Waals surface area contributed by atoms with Crippen LogP contribution in [0.3, 0.4) is 0 Å². The van der Waals surface area contributed by atoms with Gasteiger partial charge in [-0.1, -0.05) is 12.2 Å². The lowest BCUT2D eigenvalue weighted by molar-refractivity contribution is -0.145. The molecule has 1 heterocycles. The van der Waals surface area contributed by atoms with Crippen molar-refractivity contribution < 1.29 is 34.1 Å². The first-order valence-corrected chi connectivity index (χ1v) is 8.62. The monoisotopic (exact) mass is 364 g/mol. The molecule has 0 fully saturated rings. The summed E-state index contributed by atoms with van der Waals surface area (Å²) >= 11 is 0. The first kappa shape index (κ1) is 20.1. The molecule has 2 aliphatic rings. The topological polar surface area (TPSA) is 110 Å². The summed E-state index contributed by atoms with van der Waals surface area (Å²) in [5, 5.41) is 19.9. The van der Waals surface area contributed by atoms with E-state index in [0.29, 0.717) is 24.2 Å². The van der Waals surface area contributed by atoms with Crippen molar-refractivity contribution in [3.05, 3.63) is 35.1 Å². The Balaban J connectivity index is 2.38. The third-order valence-corrected chi connectivity index (χ3v) is 4.40. The largest absolute Gasteiger partial charge is 0.501 e. The van der Waals surface area contributed by atoms with Crippen LogP contribution >= 0.6 is 0 Å². The highest BCUT2D eigenvalue weighted by Gasteiger charge is 2.29. The van der Waals surface area contributed by atoms with Crippen LogP contribution in [0.4, 0.5) is 0 Å². The van der Waals surface area contributed by atoms with Gasteiger partial charge in [-0.3, -0.25) is 9.59 Å². The summed E-state index contributed by atoms with van der Waals surface area (Å²) in [7, 11) is 1.43. The van der Waals surface area contributed by atoms with Crippen LogP contribution < -0.4 is 0 Å². The molecule has 2 rings (SSSR count). The number of allylic oxidation sites excluding steroid dienone is 4. The first-order chi connectivity index (χ1) is 12.3. The summed E-state index contributed by atoms with van der Waals surface area (Å²) in [4.78, 5) is 36.7. The van der Waals surface area contributed by atoms with E-state index >= 15 is 0 Å². The average Bonchev–Trinajstić information content (AvgIpc) is 2.59. The maximum Gasteiger partial charge on any atom is 0.342 e. The molecule has 7 heteroatoms. The zero-order valence-electron chi connectivity index (χ0n) is 14.9. The predicted molar refractivity (Wildman–Crippen MR) is 91.9 cm³/mol. The Kier molecular flexibility index (Phi) is 6.88. The van der Waals surface area contributed by atoms with Gasteiger partial charge in [0.25, 0.3) is 0 Å². The van der Waals surface area contributed by atoms with Gasteiger partial charge in [-0.2, -0.15) is 0 Å². The standard InChI is InChI=1S/C19H24O7/c1-11-5-3-7-14(20)18(23)15(21)8-4-6-12-9-13(25-2)10-16(22)17(12)19(24)26-11/h4,6,9,11,15,18,21,23H,3,5,7-8,10H2,1-2H3/b6-4+/t11-,15-,18+/m0/s1. The van der Waals surface area contributed by atoms with Gasteiger partial charge < -0.3 is 19.7 Å². The minimum Gasteiger partial charge on any atom is -0.501 e. The molecule has 26 heavy (non-hydrogen) atoms. The summed E-state index contributed by atoms with van der Waals surface area (Å²) in [6.07, 6.45) is 2.22. The van der Waals surface area contributed by atoms with Gasteiger partial charge in [-0.15, -0.1) is 0 Å². The van der Waals surface area contributed by atoms with Crippen LogP contribution in [0.25, 0.3) is 0 Å². The van der Waals surface area contributed by atoms with Gasteiger partial charge in [0.15, 0.2) is 11.6 Å². The number of aliphatic hydroxyl groups is 2. The van der Waals surface area contributed by atoms with Crippen LogP contribution in [0.5, 0.6) is 0 Å². The van der Waals surface area contributed by atoms with E-state index in [9.17, 15) is 24.6 Å². The van der Waals surface area contributed by atoms with Crippen molar-refractivity contribution in [2.75, 3.05) is 7.11 Å². The van der Waals surface area contributed by atoms with Crippen LogP contribution in [-0.4, -0.2) is 53.2 Å². The molecule has 3 atom stereocenters. The third-order valence-electron chi connectivity index (χ3n) is 4.40. The lowest BCUT2D eigenvalue weighted by atomic mass is 9.93. The number of Topliss-reactive ketones (excluding diaryl/α,β-unsaturated/α-hetero) is 2. The Morgan fingerprint density at radius 2 is 1.96 bits per heavy atom. The second-order valence-electron chi connectivity index (χ2n) is 6.47. The fourth-order valence-electron chi connectivity index (χ4n) is 2.89. The Labute approximate surface area is 152 Å². The number of ether oxygens (including phenoxy) is 2. The molecule has 0 amide bonds. The predicted octanol–water partition coefficient (Wildman–Crippen LogP) is 1.14. The number of methoxy groups -OCH3 is 1. The lowest BCUT2D eigenvalue weighted by Crippen LogP contribution is -2.33. The van der Waals surface area contributed by atoms with E-state index in [4.69, 9.17) is 9.47 Å². The number of carbonyl (C=O) groups is 3. The van der Waals surface area contributed by atoms with E-state index < -0.39 is 35.8 Å². The van der Waals surface area contributed by atoms with Gasteiger partial charge in [0.2, 0.25) is 0 Å². The van der Waals surface area contributed by atoms with Crippen molar-refractivity contribution >= 4 is 17.5 Å². The number of hydrogen-bond acceptors (Lipinski definition) is 7. The molecule has 0 aromatic carbocycles. The van der Waals surface area contributed by atoms with E-state index in [1.165, 1.54) is 19.3 Å². The van der Waals surface area contributed by atoms with E-state index in [0.717, 1.165) is 0 Å². The fraction of sp³-hybridized carbons (Fsp3) is 0.526. The Morgan fingerprint density at radius 1 is 1.23 bits per heavy atom. The summed E-state index contributed by atoms with van der Waals surface area (Å²) in [5.74, 6) is -1.14. The number of ketones is 2. The highest BCUT2D eigenvalue weighted by Crippen LogP contribution is 2.25. The highest BCUT2D eigenvalue weighted by molar-refractivity contribution is 6.20. The van der Waals surface area contributed by atoms with Crippen molar-refractivity contribution in [1.29, 1.82) is 0 Å². The van der Waals surface area contributed by atoms with Gasteiger partial charge in [0.05, 0.1) is 25.7 Å². The van der Waals surface area contributed by atoms with Crippen LogP contribution in [0.15, 0.2) is 35.1 Å². The zero-order chi connectivity index (χ0) is 19.3. The van der Waals surface area contributed by atoms with Crippen LogP contribution in [0.2, 0.25) is 0 Å². The smallest absolute Gasteiger partial charge is 0.342 e. The molecular weight excluding hydrogens is 340 g/mol. The summed E-state index contributed by atoms with van der Waals surface area (Å²) in [6.45, 7) is 1.68. The van der Waals surface area contributed by atoms with Crippen molar-refractivity contribution in [1.82, 2.24) is 0 Å². The molecule has 142 valence electrons. The molecule has 1 aliphatic heterocycles. The molecule has 0 aromatic heterocycles. The SMILES string of the molecule is COC1=CC2=C(C(=O)C1)C(=O)O[C@@H](C)CCCC(=O)[C@@H](O)[C@@H](O)C/C=C/2. The molecule has 0 saturated heterocycles. The van der Waals surface area contributed by atoms with Gasteiger partial charge in [-0.25, -0.2) is 4.79 Å². The number of carbonyl (C=O) groups excluding carboxylic acids is 3. The second-order valence-corrected chi connectivity index (χ2v) is 6.47. The Hall–Kier alpha value is -2.25. The average molecular weight is 364 g/mol. The molecule has 7 nitrogen and oxygen atoms in total. The third kappa shape index (κ3) is 4.89. The van der Waals surface area contributed by atoms with Crippen molar-refractivity contribution in [2.24, 2.45) is 0 Å². The molecular formula is C19H24O7. The second kappa shape index (κ2) is 8.91. The van der Waals surface area contributed by atoms with Crippen molar-refractivity contribution in [3.63, 3.8) is 0 Å². The van der Waals surface area contributed by atoms with Gasteiger partial charge in [0.1, 0.15) is 17.4 Å². The van der Waals surface area contributed by atoms with E-state index in [1.54, 1.807) is 13.0 Å². The summed E-state index contributed by atoms with van der Waals surface area (Å²) in [6, 6.07) is 0. The maximum atomic E-state index is 12.5. The van der Waals surface area contributed by atoms with E-state index in [2.05, 4.69) is 0 Å². The molecule has 0 radical (unpaired) electrons. The summed E-state index contributed by atoms with van der Waals surface area (Å²) in [5.41, 5.74) is 0.262. The number of esters is 1. The van der Waals surface area contributed by atoms with Gasteiger partial charge >= 0.3 is 5.97 Å². The number of aliphatic hydroxyl groups excluding tert-OH is 2. The maximum absolute atomic E-state index is 12.5. The quantitative estimate of drug-likeness (QED) is 0.530. The molecule has 0 saturated carbocycles.